The van der Waals surface area contributed by atoms with Gasteiger partial charge in [-0.2, -0.15) is 4.31 Å². The molecule has 0 aliphatic carbocycles. The van der Waals surface area contributed by atoms with Crippen molar-refractivity contribution in [2.45, 2.75) is 17.5 Å². The molecule has 0 saturated carbocycles. The lowest BCUT2D eigenvalue weighted by Crippen LogP contribution is -2.36. The van der Waals surface area contributed by atoms with Crippen molar-refractivity contribution in [3.05, 3.63) is 101 Å². The molecule has 0 amide bonds. The molecule has 3 rings (SSSR count). The second-order valence-corrected chi connectivity index (χ2v) is 9.13. The summed E-state index contributed by atoms with van der Waals surface area (Å²) in [4.78, 5) is 11.8. The quantitative estimate of drug-likeness (QED) is 0.514. The smallest absolute Gasteiger partial charge is 0.337 e. The van der Waals surface area contributed by atoms with Gasteiger partial charge in [0, 0.05) is 11.6 Å². The molecule has 31 heavy (non-hydrogen) atoms. The van der Waals surface area contributed by atoms with Crippen molar-refractivity contribution >= 4 is 27.6 Å². The molecule has 0 radical (unpaired) electrons. The van der Waals surface area contributed by atoms with E-state index in [0.717, 1.165) is 0 Å². The Morgan fingerprint density at radius 1 is 1.00 bits per heavy atom. The van der Waals surface area contributed by atoms with Crippen LogP contribution in [0.15, 0.2) is 83.8 Å². The van der Waals surface area contributed by atoms with Crippen LogP contribution in [-0.2, 0) is 21.3 Å². The number of rotatable bonds is 8. The first-order chi connectivity index (χ1) is 14.9. The molecule has 1 N–H and O–H groups in total. The maximum absolute atomic E-state index is 13.5. The summed E-state index contributed by atoms with van der Waals surface area (Å²) >= 11 is 5.92. The van der Waals surface area contributed by atoms with E-state index in [-0.39, 0.29) is 11.4 Å². The number of benzene rings is 3. The fraction of sp³-hybridized carbons (Fsp3) is 0.174. The van der Waals surface area contributed by atoms with Crippen LogP contribution in [0.4, 0.5) is 0 Å². The van der Waals surface area contributed by atoms with E-state index in [1.54, 1.807) is 48.5 Å². The predicted molar refractivity (Wildman–Crippen MR) is 118 cm³/mol. The number of sulfonamides is 1. The van der Waals surface area contributed by atoms with Crippen molar-refractivity contribution in [1.29, 1.82) is 0 Å². The number of esters is 1. The molecule has 0 heterocycles. The van der Waals surface area contributed by atoms with Crippen LogP contribution in [0.2, 0.25) is 5.02 Å². The number of nitrogens with zero attached hydrogens (tertiary/aromatic N) is 1. The van der Waals surface area contributed by atoms with Gasteiger partial charge in [0.05, 0.1) is 30.2 Å². The summed E-state index contributed by atoms with van der Waals surface area (Å²) in [6.45, 7) is -0.413. The van der Waals surface area contributed by atoms with Gasteiger partial charge < -0.3 is 9.84 Å². The molecule has 0 bridgehead atoms. The molecular weight excluding hydrogens is 438 g/mol. The van der Waals surface area contributed by atoms with Crippen molar-refractivity contribution in [2.75, 3.05) is 13.7 Å². The highest BCUT2D eigenvalue weighted by atomic mass is 35.5. The Hall–Kier alpha value is -2.71. The molecular formula is C23H22ClNO5S. The van der Waals surface area contributed by atoms with Crippen molar-refractivity contribution in [1.82, 2.24) is 4.31 Å². The molecule has 0 aromatic heterocycles. The van der Waals surface area contributed by atoms with Gasteiger partial charge in [-0.3, -0.25) is 0 Å². The van der Waals surface area contributed by atoms with Gasteiger partial charge in [0.25, 0.3) is 0 Å². The van der Waals surface area contributed by atoms with Crippen LogP contribution in [0.1, 0.15) is 27.5 Å². The third-order valence-electron chi connectivity index (χ3n) is 4.84. The van der Waals surface area contributed by atoms with Crippen molar-refractivity contribution in [3.8, 4) is 0 Å². The van der Waals surface area contributed by atoms with Gasteiger partial charge in [-0.1, -0.05) is 54.1 Å². The predicted octanol–water partition coefficient (Wildman–Crippen LogP) is 4.05. The summed E-state index contributed by atoms with van der Waals surface area (Å²) in [6.07, 6.45) is 0. The number of hydrogen-bond donors (Lipinski definition) is 1. The minimum atomic E-state index is -3.98. The van der Waals surface area contributed by atoms with Gasteiger partial charge >= 0.3 is 5.97 Å². The molecule has 1 unspecified atom stereocenters. The van der Waals surface area contributed by atoms with Crippen LogP contribution in [0.5, 0.6) is 0 Å². The summed E-state index contributed by atoms with van der Waals surface area (Å²) in [6, 6.07) is 20.5. The van der Waals surface area contributed by atoms with E-state index >= 15 is 0 Å². The molecule has 6 nitrogen and oxygen atoms in total. The highest BCUT2D eigenvalue weighted by molar-refractivity contribution is 7.89. The minimum Gasteiger partial charge on any atom is -0.465 e. The summed E-state index contributed by atoms with van der Waals surface area (Å²) in [5.41, 5.74) is 1.67. The molecule has 162 valence electrons. The Balaban J connectivity index is 2.03. The van der Waals surface area contributed by atoms with E-state index in [2.05, 4.69) is 0 Å². The average molecular weight is 460 g/mol. The van der Waals surface area contributed by atoms with Gasteiger partial charge in [0.2, 0.25) is 10.0 Å². The summed E-state index contributed by atoms with van der Waals surface area (Å²) in [5.74, 6) is -0.477. The largest absolute Gasteiger partial charge is 0.465 e. The van der Waals surface area contributed by atoms with Crippen molar-refractivity contribution in [2.24, 2.45) is 0 Å². The maximum atomic E-state index is 13.5. The number of carbonyl (C=O) groups is 1. The Kier molecular flexibility index (Phi) is 7.46. The second-order valence-electron chi connectivity index (χ2n) is 6.80. The third-order valence-corrected chi connectivity index (χ3v) is 6.96. The van der Waals surface area contributed by atoms with Crippen LogP contribution >= 0.6 is 11.6 Å². The highest BCUT2D eigenvalue weighted by Crippen LogP contribution is 2.30. The number of carbonyl (C=O) groups excluding carboxylic acids is 1. The maximum Gasteiger partial charge on any atom is 0.337 e. The van der Waals surface area contributed by atoms with Crippen molar-refractivity contribution in [3.63, 3.8) is 0 Å². The van der Waals surface area contributed by atoms with Gasteiger partial charge in [0.15, 0.2) is 0 Å². The first kappa shape index (κ1) is 23.0. The topological polar surface area (TPSA) is 83.9 Å². The van der Waals surface area contributed by atoms with Crippen LogP contribution in [0.3, 0.4) is 0 Å². The fourth-order valence-corrected chi connectivity index (χ4v) is 4.91. The molecule has 1 atom stereocenters. The zero-order chi connectivity index (χ0) is 22.4. The van der Waals surface area contributed by atoms with Crippen LogP contribution in [0.25, 0.3) is 0 Å². The van der Waals surface area contributed by atoms with Gasteiger partial charge in [0.1, 0.15) is 0 Å². The summed E-state index contributed by atoms with van der Waals surface area (Å²) in [7, 11) is -2.69. The molecule has 0 aliphatic heterocycles. The number of ether oxygens (including phenoxy) is 1. The highest BCUT2D eigenvalue weighted by Gasteiger charge is 2.32. The Labute approximate surface area is 186 Å². The number of halogens is 1. The Morgan fingerprint density at radius 3 is 2.16 bits per heavy atom. The monoisotopic (exact) mass is 459 g/mol. The van der Waals surface area contributed by atoms with E-state index in [1.807, 2.05) is 6.07 Å². The SMILES string of the molecule is COC(=O)c1ccc(CN(C(CO)c2ccccc2)S(=O)(=O)c2ccc(Cl)cc2)cc1. The van der Waals surface area contributed by atoms with Crippen molar-refractivity contribution < 1.29 is 23.1 Å². The van der Waals surface area contributed by atoms with Crippen LogP contribution in [-0.4, -0.2) is 37.5 Å². The molecule has 0 saturated heterocycles. The zero-order valence-electron chi connectivity index (χ0n) is 16.8. The molecule has 0 spiro atoms. The van der Waals surface area contributed by atoms with E-state index in [0.29, 0.717) is 21.7 Å². The lowest BCUT2D eigenvalue weighted by Gasteiger charge is -2.30. The summed E-state index contributed by atoms with van der Waals surface area (Å²) in [5, 5.41) is 10.6. The Bertz CT molecular complexity index is 1120. The van der Waals surface area contributed by atoms with Crippen LogP contribution < -0.4 is 0 Å². The third kappa shape index (κ3) is 5.32. The van der Waals surface area contributed by atoms with Gasteiger partial charge in [-0.15, -0.1) is 0 Å². The van der Waals surface area contributed by atoms with Crippen LogP contribution in [0, 0.1) is 0 Å². The number of methoxy groups -OCH3 is 1. The zero-order valence-corrected chi connectivity index (χ0v) is 18.4. The number of hydrogen-bond acceptors (Lipinski definition) is 5. The van der Waals surface area contributed by atoms with Gasteiger partial charge in [-0.25, -0.2) is 13.2 Å². The fourth-order valence-electron chi connectivity index (χ4n) is 3.19. The molecule has 3 aromatic carbocycles. The number of aliphatic hydroxyl groups is 1. The van der Waals surface area contributed by atoms with E-state index in [4.69, 9.17) is 16.3 Å². The van der Waals surface area contributed by atoms with Gasteiger partial charge in [-0.05, 0) is 47.5 Å². The Morgan fingerprint density at radius 2 is 1.61 bits per heavy atom. The minimum absolute atomic E-state index is 0.00741. The van der Waals surface area contributed by atoms with E-state index in [1.165, 1.54) is 35.7 Å². The molecule has 3 aromatic rings. The summed E-state index contributed by atoms with van der Waals surface area (Å²) < 4.78 is 33.0. The molecule has 0 aliphatic rings. The molecule has 8 heteroatoms. The lowest BCUT2D eigenvalue weighted by molar-refractivity contribution is 0.0600. The van der Waals surface area contributed by atoms with E-state index < -0.39 is 28.6 Å². The first-order valence-corrected chi connectivity index (χ1v) is 11.3. The van der Waals surface area contributed by atoms with E-state index in [9.17, 15) is 18.3 Å². The first-order valence-electron chi connectivity index (χ1n) is 9.47. The standard InChI is InChI=1S/C23H22ClNO5S/c1-30-23(27)19-9-7-17(8-10-19)15-25(22(16-26)18-5-3-2-4-6-18)31(28,29)21-13-11-20(24)12-14-21/h2-14,22,26H,15-16H2,1H3. The lowest BCUT2D eigenvalue weighted by atomic mass is 10.1. The number of aliphatic hydroxyl groups excluding tert-OH is 1. The normalized spacial score (nSPS) is 12.5. The average Bonchev–Trinajstić information content (AvgIpc) is 2.80. The molecule has 0 fully saturated rings. The second kappa shape index (κ2) is 10.1.